The molecule has 2 heterocycles. The zero-order chi connectivity index (χ0) is 16.7. The van der Waals surface area contributed by atoms with Crippen LogP contribution in [0.1, 0.15) is 16.7 Å². The summed E-state index contributed by atoms with van der Waals surface area (Å²) in [5.41, 5.74) is 9.44. The number of carbonyl (C=O) groups is 1. The first-order valence-corrected chi connectivity index (χ1v) is 8.61. The average molecular weight is 341 g/mol. The van der Waals surface area contributed by atoms with E-state index in [0.717, 1.165) is 23.7 Å². The van der Waals surface area contributed by atoms with Crippen LogP contribution >= 0.6 is 11.3 Å². The van der Waals surface area contributed by atoms with Gasteiger partial charge in [-0.2, -0.15) is 0 Å². The number of nitrogens with two attached hydrogens (primary N) is 1. The third-order valence-electron chi connectivity index (χ3n) is 4.35. The van der Waals surface area contributed by atoms with Gasteiger partial charge >= 0.3 is 0 Å². The number of benzene rings is 2. The van der Waals surface area contributed by atoms with Crippen LogP contribution in [0.2, 0.25) is 0 Å². The van der Waals surface area contributed by atoms with Gasteiger partial charge in [-0.15, -0.1) is 0 Å². The first kappa shape index (κ1) is 15.1. The van der Waals surface area contributed by atoms with Crippen molar-refractivity contribution in [1.29, 1.82) is 0 Å². The van der Waals surface area contributed by atoms with Crippen molar-refractivity contribution in [2.45, 2.75) is 19.4 Å². The van der Waals surface area contributed by atoms with Gasteiger partial charge in [-0.1, -0.05) is 35.6 Å². The van der Waals surface area contributed by atoms with E-state index in [4.69, 9.17) is 5.73 Å². The highest BCUT2D eigenvalue weighted by atomic mass is 32.1. The van der Waals surface area contributed by atoms with E-state index in [-0.39, 0.29) is 18.1 Å². The van der Waals surface area contributed by atoms with Crippen LogP contribution in [-0.2, 0) is 24.2 Å². The maximum absolute atomic E-state index is 13.9. The summed E-state index contributed by atoms with van der Waals surface area (Å²) in [4.78, 5) is 18.0. The summed E-state index contributed by atoms with van der Waals surface area (Å²) in [5, 5.41) is 0.834. The molecule has 2 N–H and O–H groups in total. The Morgan fingerprint density at radius 3 is 2.92 bits per heavy atom. The summed E-state index contributed by atoms with van der Waals surface area (Å²) in [6, 6.07) is 11.0. The van der Waals surface area contributed by atoms with E-state index in [9.17, 15) is 9.18 Å². The fourth-order valence-electron chi connectivity index (χ4n) is 3.24. The number of nitrogens with zero attached hydrogens (tertiary/aromatic N) is 2. The summed E-state index contributed by atoms with van der Waals surface area (Å²) < 4.78 is 14.5. The van der Waals surface area contributed by atoms with Crippen molar-refractivity contribution in [2.75, 3.05) is 11.4 Å². The van der Waals surface area contributed by atoms with E-state index in [1.54, 1.807) is 6.07 Å². The molecule has 1 amide bonds. The number of primary amides is 1. The van der Waals surface area contributed by atoms with Crippen LogP contribution in [0.3, 0.4) is 0 Å². The molecule has 2 aromatic carbocycles. The molecule has 0 unspecified atom stereocenters. The van der Waals surface area contributed by atoms with Crippen LogP contribution in [-0.4, -0.2) is 17.4 Å². The number of fused-ring (bicyclic) bond motifs is 2. The monoisotopic (exact) mass is 341 g/mol. The highest BCUT2D eigenvalue weighted by Crippen LogP contribution is 2.34. The highest BCUT2D eigenvalue weighted by Gasteiger charge is 2.22. The lowest BCUT2D eigenvalue weighted by atomic mass is 9.93. The maximum Gasteiger partial charge on any atom is 0.221 e. The summed E-state index contributed by atoms with van der Waals surface area (Å²) >= 11 is 1.39. The zero-order valence-electron chi connectivity index (χ0n) is 13.0. The highest BCUT2D eigenvalue weighted by molar-refractivity contribution is 7.22. The van der Waals surface area contributed by atoms with Gasteiger partial charge in [0.1, 0.15) is 5.82 Å². The summed E-state index contributed by atoms with van der Waals surface area (Å²) in [6.07, 6.45) is 1.10. The summed E-state index contributed by atoms with van der Waals surface area (Å²) in [6.45, 7) is 1.51. The van der Waals surface area contributed by atoms with E-state index in [0.29, 0.717) is 16.8 Å². The van der Waals surface area contributed by atoms with Crippen molar-refractivity contribution in [1.82, 2.24) is 4.98 Å². The molecule has 0 radical (unpaired) electrons. The largest absolute Gasteiger partial charge is 0.369 e. The number of rotatable bonds is 3. The van der Waals surface area contributed by atoms with Gasteiger partial charge in [0.15, 0.2) is 5.13 Å². The molecule has 0 atom stereocenters. The Labute approximate surface area is 142 Å². The molecule has 4 nitrogen and oxygen atoms in total. The molecule has 24 heavy (non-hydrogen) atoms. The Bertz CT molecular complexity index is 937. The van der Waals surface area contributed by atoms with Crippen LogP contribution in [0, 0.1) is 5.82 Å². The van der Waals surface area contributed by atoms with Gasteiger partial charge in [0, 0.05) is 13.1 Å². The first-order valence-electron chi connectivity index (χ1n) is 7.80. The predicted octanol–water partition coefficient (Wildman–Crippen LogP) is 3.03. The molecule has 1 aliphatic rings. The maximum atomic E-state index is 13.9. The quantitative estimate of drug-likeness (QED) is 0.797. The van der Waals surface area contributed by atoms with Gasteiger partial charge in [-0.25, -0.2) is 9.37 Å². The van der Waals surface area contributed by atoms with Crippen molar-refractivity contribution in [2.24, 2.45) is 5.73 Å². The Morgan fingerprint density at radius 2 is 2.12 bits per heavy atom. The first-order chi connectivity index (χ1) is 11.6. The molecule has 1 aromatic heterocycles. The molecule has 0 fully saturated rings. The minimum atomic E-state index is -0.313. The molecular weight excluding hydrogens is 325 g/mol. The lowest BCUT2D eigenvalue weighted by Crippen LogP contribution is -2.31. The molecule has 0 saturated carbocycles. The fraction of sp³-hybridized carbons (Fsp3) is 0.222. The van der Waals surface area contributed by atoms with Crippen molar-refractivity contribution >= 4 is 32.6 Å². The fourth-order valence-corrected chi connectivity index (χ4v) is 4.24. The smallest absolute Gasteiger partial charge is 0.221 e. The van der Waals surface area contributed by atoms with Gasteiger partial charge in [0.05, 0.1) is 16.6 Å². The van der Waals surface area contributed by atoms with Gasteiger partial charge in [0.25, 0.3) is 0 Å². The second-order valence-electron chi connectivity index (χ2n) is 5.95. The van der Waals surface area contributed by atoms with Crippen LogP contribution in [0.25, 0.3) is 10.2 Å². The van der Waals surface area contributed by atoms with Crippen LogP contribution < -0.4 is 10.6 Å². The molecule has 6 heteroatoms. The number of hydrogen-bond donors (Lipinski definition) is 1. The third-order valence-corrected chi connectivity index (χ3v) is 5.49. The van der Waals surface area contributed by atoms with Crippen LogP contribution in [0.5, 0.6) is 0 Å². The van der Waals surface area contributed by atoms with E-state index in [1.807, 2.05) is 18.2 Å². The molecule has 0 aliphatic carbocycles. The van der Waals surface area contributed by atoms with Crippen molar-refractivity contribution in [3.05, 3.63) is 58.9 Å². The molecule has 3 aromatic rings. The Balaban J connectivity index is 1.66. The lowest BCUT2D eigenvalue weighted by molar-refractivity contribution is -0.117. The Hall–Kier alpha value is -2.47. The van der Waals surface area contributed by atoms with Gasteiger partial charge in [0.2, 0.25) is 5.91 Å². The van der Waals surface area contributed by atoms with Gasteiger partial charge < -0.3 is 10.6 Å². The zero-order valence-corrected chi connectivity index (χ0v) is 13.8. The number of halogens is 1. The Kier molecular flexibility index (Phi) is 3.69. The SMILES string of the molecule is NC(=O)Cc1cccc2c1CCN(c1nc3cccc(F)c3s1)C2. The number of carbonyl (C=O) groups excluding carboxylic acids is 1. The number of thiazole rings is 1. The molecular formula is C18H16FN3OS. The van der Waals surface area contributed by atoms with Crippen molar-refractivity contribution in [3.63, 3.8) is 0 Å². The van der Waals surface area contributed by atoms with Crippen LogP contribution in [0.4, 0.5) is 9.52 Å². The average Bonchev–Trinajstić information content (AvgIpc) is 3.00. The number of amides is 1. The molecule has 4 rings (SSSR count). The predicted molar refractivity (Wildman–Crippen MR) is 93.7 cm³/mol. The van der Waals surface area contributed by atoms with Crippen molar-refractivity contribution < 1.29 is 9.18 Å². The molecule has 122 valence electrons. The summed E-state index contributed by atoms with van der Waals surface area (Å²) in [5.74, 6) is -0.537. The Morgan fingerprint density at radius 1 is 1.29 bits per heavy atom. The minimum Gasteiger partial charge on any atom is -0.369 e. The van der Waals surface area contributed by atoms with Gasteiger partial charge in [-0.05, 0) is 35.2 Å². The summed E-state index contributed by atoms with van der Waals surface area (Å²) in [7, 11) is 0. The topological polar surface area (TPSA) is 59.2 Å². The van der Waals surface area contributed by atoms with Gasteiger partial charge in [-0.3, -0.25) is 4.79 Å². The minimum absolute atomic E-state index is 0.225. The normalized spacial score (nSPS) is 14.0. The molecule has 0 bridgehead atoms. The standard InChI is InChI=1S/C18H16FN3OS/c19-14-5-2-6-15-17(14)24-18(21-15)22-8-7-13-11(9-16(20)23)3-1-4-12(13)10-22/h1-6H,7-10H2,(H2,20,23). The van der Waals surface area contributed by atoms with E-state index >= 15 is 0 Å². The number of hydrogen-bond acceptors (Lipinski definition) is 4. The molecule has 1 aliphatic heterocycles. The molecule has 0 spiro atoms. The number of anilines is 1. The van der Waals surface area contributed by atoms with Crippen LogP contribution in [0.15, 0.2) is 36.4 Å². The lowest BCUT2D eigenvalue weighted by Gasteiger charge is -2.29. The molecule has 0 saturated heterocycles. The third kappa shape index (κ3) is 2.63. The number of aromatic nitrogens is 1. The van der Waals surface area contributed by atoms with E-state index in [1.165, 1.54) is 28.5 Å². The van der Waals surface area contributed by atoms with E-state index in [2.05, 4.69) is 16.0 Å². The van der Waals surface area contributed by atoms with Crippen molar-refractivity contribution in [3.8, 4) is 0 Å². The van der Waals surface area contributed by atoms with E-state index < -0.39 is 0 Å². The second kappa shape index (κ2) is 5.87. The second-order valence-corrected chi connectivity index (χ2v) is 6.93.